The van der Waals surface area contributed by atoms with Crippen LogP contribution in [0, 0.1) is 13.8 Å². The quantitative estimate of drug-likeness (QED) is 0.800. The largest absolute Gasteiger partial charge is 0.417 e. The van der Waals surface area contributed by atoms with Crippen LogP contribution in [0.5, 0.6) is 0 Å². The van der Waals surface area contributed by atoms with Crippen LogP contribution in [0.1, 0.15) is 27.3 Å². The molecule has 2 aromatic heterocycles. The molecule has 0 spiro atoms. The maximum Gasteiger partial charge on any atom is 0.417 e. The maximum atomic E-state index is 12.8. The van der Waals surface area contributed by atoms with E-state index >= 15 is 0 Å². The van der Waals surface area contributed by atoms with Crippen molar-refractivity contribution in [3.05, 3.63) is 56.2 Å². The van der Waals surface area contributed by atoms with Crippen molar-refractivity contribution in [3.63, 3.8) is 0 Å². The highest BCUT2D eigenvalue weighted by Gasteiger charge is 2.32. The van der Waals surface area contributed by atoms with Gasteiger partial charge in [0.2, 0.25) is 0 Å². The second-order valence-electron chi connectivity index (χ2n) is 5.27. The lowest BCUT2D eigenvalue weighted by atomic mass is 10.1. The molecule has 8 heteroatoms. The number of aryl methyl sites for hydroxylation is 1. The predicted octanol–water partition coefficient (Wildman–Crippen LogP) is 3.36. The van der Waals surface area contributed by atoms with Gasteiger partial charge in [-0.1, -0.05) is 11.6 Å². The summed E-state index contributed by atoms with van der Waals surface area (Å²) in [4.78, 5) is 24.2. The minimum absolute atomic E-state index is 0.366. The van der Waals surface area contributed by atoms with Crippen molar-refractivity contribution in [2.75, 3.05) is 0 Å². The van der Waals surface area contributed by atoms with Crippen molar-refractivity contribution in [1.82, 2.24) is 9.13 Å². The van der Waals surface area contributed by atoms with E-state index in [0.717, 1.165) is 5.69 Å². The first-order valence-electron chi connectivity index (χ1n) is 6.65. The zero-order chi connectivity index (χ0) is 17.5. The van der Waals surface area contributed by atoms with E-state index in [2.05, 4.69) is 0 Å². The fourth-order valence-corrected chi connectivity index (χ4v) is 2.48. The van der Waals surface area contributed by atoms with Gasteiger partial charge in [-0.25, -0.2) is 0 Å². The van der Waals surface area contributed by atoms with Gasteiger partial charge in [0.15, 0.2) is 5.78 Å². The Balaban J connectivity index is 2.43. The monoisotopic (exact) mass is 346 g/mol. The molecule has 2 heterocycles. The Morgan fingerprint density at radius 3 is 2.35 bits per heavy atom. The van der Waals surface area contributed by atoms with Gasteiger partial charge in [-0.05, 0) is 26.0 Å². The molecule has 0 aliphatic heterocycles. The molecule has 124 valence electrons. The Kier molecular flexibility index (Phi) is 4.43. The van der Waals surface area contributed by atoms with E-state index in [1.165, 1.54) is 0 Å². The smallest absolute Gasteiger partial charge is 0.351 e. The summed E-state index contributed by atoms with van der Waals surface area (Å²) in [6, 6.07) is 2.20. The van der Waals surface area contributed by atoms with E-state index in [0.29, 0.717) is 28.1 Å². The van der Waals surface area contributed by atoms with Gasteiger partial charge in [-0.3, -0.25) is 9.59 Å². The lowest BCUT2D eigenvalue weighted by molar-refractivity contribution is -0.138. The summed E-state index contributed by atoms with van der Waals surface area (Å²) in [6.07, 6.45) is -4.04. The second-order valence-corrected chi connectivity index (χ2v) is 5.68. The fourth-order valence-electron chi connectivity index (χ4n) is 2.25. The normalized spacial score (nSPS) is 11.8. The standard InChI is InChI=1S/C15H14ClF3N2O2/c1-8-4-11(9(2)20(8)3)13(22)7-21-6-10(15(17,18)19)5-12(16)14(21)23/h4-6H,7H2,1-3H3. The zero-order valence-corrected chi connectivity index (χ0v) is 13.4. The number of alkyl halides is 3. The summed E-state index contributed by atoms with van der Waals surface area (Å²) in [6.45, 7) is 3.02. The summed E-state index contributed by atoms with van der Waals surface area (Å²) < 4.78 is 40.9. The Bertz CT molecular complexity index is 834. The van der Waals surface area contributed by atoms with Crippen LogP contribution in [0.3, 0.4) is 0 Å². The van der Waals surface area contributed by atoms with Gasteiger partial charge >= 0.3 is 6.18 Å². The number of pyridine rings is 1. The van der Waals surface area contributed by atoms with Crippen LogP contribution in [0.25, 0.3) is 0 Å². The number of hydrogen-bond donors (Lipinski definition) is 0. The van der Waals surface area contributed by atoms with Crippen LogP contribution in [0.4, 0.5) is 13.2 Å². The van der Waals surface area contributed by atoms with Crippen LogP contribution in [0.2, 0.25) is 5.02 Å². The van der Waals surface area contributed by atoms with Crippen molar-refractivity contribution in [1.29, 1.82) is 0 Å². The van der Waals surface area contributed by atoms with Crippen LogP contribution in [-0.4, -0.2) is 14.9 Å². The number of Topliss-reactive ketones (excluding diaryl/α,β-unsaturated/α-hetero) is 1. The molecule has 0 saturated heterocycles. The van der Waals surface area contributed by atoms with Crippen LogP contribution >= 0.6 is 11.6 Å². The summed E-state index contributed by atoms with van der Waals surface area (Å²) >= 11 is 5.57. The Morgan fingerprint density at radius 1 is 1.26 bits per heavy atom. The lowest BCUT2D eigenvalue weighted by Gasteiger charge is -2.11. The summed E-state index contributed by atoms with van der Waals surface area (Å²) in [5.74, 6) is -0.455. The molecule has 2 rings (SSSR count). The first kappa shape index (κ1) is 17.3. The number of rotatable bonds is 3. The number of aromatic nitrogens is 2. The number of halogens is 4. The second kappa shape index (κ2) is 5.88. The number of ketones is 1. The van der Waals surface area contributed by atoms with Gasteiger partial charge < -0.3 is 9.13 Å². The third-order valence-electron chi connectivity index (χ3n) is 3.76. The van der Waals surface area contributed by atoms with Gasteiger partial charge in [0, 0.05) is 30.2 Å². The van der Waals surface area contributed by atoms with Gasteiger partial charge in [-0.15, -0.1) is 0 Å². The molecular formula is C15H14ClF3N2O2. The number of hydrogen-bond acceptors (Lipinski definition) is 2. The number of carbonyl (C=O) groups is 1. The summed E-state index contributed by atoms with van der Waals surface area (Å²) in [7, 11) is 1.77. The number of carbonyl (C=O) groups excluding carboxylic acids is 1. The maximum absolute atomic E-state index is 12.8. The molecule has 23 heavy (non-hydrogen) atoms. The highest BCUT2D eigenvalue weighted by Crippen LogP contribution is 2.29. The van der Waals surface area contributed by atoms with Crippen molar-refractivity contribution < 1.29 is 18.0 Å². The molecule has 0 bridgehead atoms. The van der Waals surface area contributed by atoms with Gasteiger partial charge in [-0.2, -0.15) is 13.2 Å². The molecule has 2 aromatic rings. The molecule has 4 nitrogen and oxygen atoms in total. The third kappa shape index (κ3) is 3.34. The first-order valence-corrected chi connectivity index (χ1v) is 7.03. The Morgan fingerprint density at radius 2 is 1.87 bits per heavy atom. The summed E-state index contributed by atoms with van der Waals surface area (Å²) in [5.41, 5.74) is -0.0292. The van der Waals surface area contributed by atoms with E-state index in [4.69, 9.17) is 11.6 Å². The molecule has 0 fully saturated rings. The minimum Gasteiger partial charge on any atom is -0.351 e. The minimum atomic E-state index is -4.65. The van der Waals surface area contributed by atoms with Gasteiger partial charge in [0.25, 0.3) is 5.56 Å². The molecule has 0 saturated carbocycles. The van der Waals surface area contributed by atoms with Gasteiger partial charge in [0.05, 0.1) is 12.1 Å². The molecule has 0 atom stereocenters. The van der Waals surface area contributed by atoms with E-state index in [-0.39, 0.29) is 0 Å². The highest BCUT2D eigenvalue weighted by atomic mass is 35.5. The molecule has 0 radical (unpaired) electrons. The predicted molar refractivity (Wildman–Crippen MR) is 79.9 cm³/mol. The van der Waals surface area contributed by atoms with Crippen LogP contribution in [0.15, 0.2) is 23.1 Å². The van der Waals surface area contributed by atoms with Crippen molar-refractivity contribution in [2.24, 2.45) is 7.05 Å². The lowest BCUT2D eigenvalue weighted by Crippen LogP contribution is -2.26. The average Bonchev–Trinajstić information content (AvgIpc) is 2.70. The first-order chi connectivity index (χ1) is 10.5. The van der Waals surface area contributed by atoms with Crippen LogP contribution < -0.4 is 5.56 Å². The van der Waals surface area contributed by atoms with Crippen molar-refractivity contribution in [3.8, 4) is 0 Å². The van der Waals surface area contributed by atoms with Crippen molar-refractivity contribution >= 4 is 17.4 Å². The average molecular weight is 347 g/mol. The Hall–Kier alpha value is -2.02. The SMILES string of the molecule is Cc1cc(C(=O)Cn2cc(C(F)(F)F)cc(Cl)c2=O)c(C)n1C. The topological polar surface area (TPSA) is 44.0 Å². The van der Waals surface area contributed by atoms with Crippen molar-refractivity contribution in [2.45, 2.75) is 26.6 Å². The molecule has 0 aromatic carbocycles. The van der Waals surface area contributed by atoms with E-state index in [9.17, 15) is 22.8 Å². The molecule has 0 N–H and O–H groups in total. The number of nitrogens with zero attached hydrogens (tertiary/aromatic N) is 2. The third-order valence-corrected chi connectivity index (χ3v) is 4.03. The van der Waals surface area contributed by atoms with E-state index in [1.807, 2.05) is 0 Å². The molecule has 0 aliphatic rings. The molecule has 0 amide bonds. The zero-order valence-electron chi connectivity index (χ0n) is 12.7. The molecular weight excluding hydrogens is 333 g/mol. The van der Waals surface area contributed by atoms with Crippen LogP contribution in [-0.2, 0) is 19.8 Å². The highest BCUT2D eigenvalue weighted by molar-refractivity contribution is 6.30. The van der Waals surface area contributed by atoms with E-state index < -0.39 is 34.6 Å². The van der Waals surface area contributed by atoms with E-state index in [1.54, 1.807) is 31.5 Å². The fraction of sp³-hybridized carbons (Fsp3) is 0.333. The summed E-state index contributed by atoms with van der Waals surface area (Å²) in [5, 5.41) is -0.575. The van der Waals surface area contributed by atoms with Gasteiger partial charge in [0.1, 0.15) is 5.02 Å². The molecule has 0 unspecified atom stereocenters. The molecule has 0 aliphatic carbocycles. The Labute approximate surface area is 135 Å².